The first-order valence-corrected chi connectivity index (χ1v) is 13.4. The molecule has 3 rings (SSSR count). The molecule has 186 valence electrons. The van der Waals surface area contributed by atoms with Crippen molar-refractivity contribution in [3.63, 3.8) is 0 Å². The maximum atomic E-state index is 13.6. The average molecular weight is 495 g/mol. The fourth-order valence-corrected chi connectivity index (χ4v) is 5.24. The largest absolute Gasteiger partial charge is 0.492 e. The third-order valence-corrected chi connectivity index (χ3v) is 7.47. The predicted molar refractivity (Wildman–Crippen MR) is 140 cm³/mol. The summed E-state index contributed by atoms with van der Waals surface area (Å²) in [6.45, 7) is 6.23. The molecule has 0 saturated carbocycles. The average Bonchev–Trinajstić information content (AvgIpc) is 2.86. The van der Waals surface area contributed by atoms with E-state index in [9.17, 15) is 13.2 Å². The summed E-state index contributed by atoms with van der Waals surface area (Å²) in [5.41, 5.74) is 3.58. The molecule has 0 radical (unpaired) electrons. The molecule has 0 bridgehead atoms. The number of amides is 1. The van der Waals surface area contributed by atoms with Gasteiger partial charge in [0, 0.05) is 0 Å². The van der Waals surface area contributed by atoms with Gasteiger partial charge in [0.15, 0.2) is 0 Å². The summed E-state index contributed by atoms with van der Waals surface area (Å²) in [6, 6.07) is 21.8. The van der Waals surface area contributed by atoms with E-state index < -0.39 is 15.9 Å². The van der Waals surface area contributed by atoms with Gasteiger partial charge in [-0.25, -0.2) is 8.42 Å². The summed E-state index contributed by atoms with van der Waals surface area (Å²) in [7, 11) is -3.94. The van der Waals surface area contributed by atoms with Crippen LogP contribution in [-0.2, 0) is 27.7 Å². The van der Waals surface area contributed by atoms with Gasteiger partial charge in [-0.05, 0) is 61.2 Å². The van der Waals surface area contributed by atoms with Crippen LogP contribution in [-0.4, -0.2) is 34.0 Å². The molecule has 0 spiro atoms. The summed E-state index contributed by atoms with van der Waals surface area (Å²) in [5.74, 6) is 0.341. The number of sulfonamides is 1. The fourth-order valence-electron chi connectivity index (χ4n) is 3.78. The quantitative estimate of drug-likeness (QED) is 0.364. The van der Waals surface area contributed by atoms with Crippen molar-refractivity contribution in [2.75, 3.05) is 24.0 Å². The highest BCUT2D eigenvalue weighted by Crippen LogP contribution is 2.27. The van der Waals surface area contributed by atoms with E-state index in [4.69, 9.17) is 4.74 Å². The Hall–Kier alpha value is -3.32. The van der Waals surface area contributed by atoms with Crippen molar-refractivity contribution < 1.29 is 17.9 Å². The van der Waals surface area contributed by atoms with Crippen molar-refractivity contribution in [2.24, 2.45) is 0 Å². The minimum atomic E-state index is -3.94. The van der Waals surface area contributed by atoms with Crippen LogP contribution in [0.15, 0.2) is 77.7 Å². The molecule has 0 aliphatic heterocycles. The molecule has 0 atom stereocenters. The zero-order valence-electron chi connectivity index (χ0n) is 20.7. The Morgan fingerprint density at radius 1 is 0.943 bits per heavy atom. The number of anilines is 1. The molecule has 0 heterocycles. The van der Waals surface area contributed by atoms with E-state index in [2.05, 4.69) is 12.2 Å². The molecule has 6 nitrogen and oxygen atoms in total. The van der Waals surface area contributed by atoms with Crippen LogP contribution in [0.3, 0.4) is 0 Å². The number of aryl methyl sites for hydroxylation is 3. The highest BCUT2D eigenvalue weighted by molar-refractivity contribution is 7.92. The molecule has 3 aromatic carbocycles. The molecule has 7 heteroatoms. The van der Waals surface area contributed by atoms with Gasteiger partial charge in [0.25, 0.3) is 10.0 Å². The predicted octanol–water partition coefficient (Wildman–Crippen LogP) is 4.90. The topological polar surface area (TPSA) is 75.7 Å². The Bertz CT molecular complexity index is 1210. The van der Waals surface area contributed by atoms with E-state index in [1.807, 2.05) is 50.2 Å². The van der Waals surface area contributed by atoms with Crippen LogP contribution in [0.1, 0.15) is 37.0 Å². The maximum absolute atomic E-state index is 13.6. The molecule has 0 aromatic heterocycles. The third kappa shape index (κ3) is 7.09. The SMILES string of the molecule is CCCc1ccc(OCCNC(=O)CN(c2ccccc2CC)S(=O)(=O)c2ccc(C)cc2)cc1. The van der Waals surface area contributed by atoms with Crippen LogP contribution in [0.4, 0.5) is 5.69 Å². The number of carbonyl (C=O) groups excluding carboxylic acids is 1. The summed E-state index contributed by atoms with van der Waals surface area (Å²) < 4.78 is 34.0. The van der Waals surface area contributed by atoms with E-state index >= 15 is 0 Å². The number of carbonyl (C=O) groups is 1. The monoisotopic (exact) mass is 494 g/mol. The van der Waals surface area contributed by atoms with E-state index in [0.29, 0.717) is 12.1 Å². The zero-order chi connectivity index (χ0) is 25.3. The normalized spacial score (nSPS) is 11.2. The summed E-state index contributed by atoms with van der Waals surface area (Å²) in [6.07, 6.45) is 2.76. The first-order valence-electron chi connectivity index (χ1n) is 12.0. The zero-order valence-corrected chi connectivity index (χ0v) is 21.5. The molecule has 1 N–H and O–H groups in total. The number of ether oxygens (including phenoxy) is 1. The van der Waals surface area contributed by atoms with Crippen LogP contribution < -0.4 is 14.4 Å². The van der Waals surface area contributed by atoms with Crippen molar-refractivity contribution in [3.8, 4) is 5.75 Å². The van der Waals surface area contributed by atoms with Crippen LogP contribution in [0.5, 0.6) is 5.75 Å². The Morgan fingerprint density at radius 2 is 1.63 bits per heavy atom. The van der Waals surface area contributed by atoms with Crippen molar-refractivity contribution in [3.05, 3.63) is 89.5 Å². The van der Waals surface area contributed by atoms with Crippen LogP contribution >= 0.6 is 0 Å². The lowest BCUT2D eigenvalue weighted by Gasteiger charge is -2.26. The third-order valence-electron chi connectivity index (χ3n) is 5.69. The minimum absolute atomic E-state index is 0.150. The van der Waals surface area contributed by atoms with Gasteiger partial charge in [-0.3, -0.25) is 9.10 Å². The molecule has 1 amide bonds. The minimum Gasteiger partial charge on any atom is -0.492 e. The summed E-state index contributed by atoms with van der Waals surface area (Å²) in [4.78, 5) is 13.0. The molecule has 0 fully saturated rings. The number of nitrogens with one attached hydrogen (secondary N) is 1. The van der Waals surface area contributed by atoms with E-state index in [-0.39, 0.29) is 24.6 Å². The molecular formula is C28H34N2O4S. The van der Waals surface area contributed by atoms with Gasteiger partial charge in [-0.15, -0.1) is 0 Å². The van der Waals surface area contributed by atoms with Gasteiger partial charge in [0.1, 0.15) is 18.9 Å². The Morgan fingerprint density at radius 3 is 2.29 bits per heavy atom. The Balaban J connectivity index is 1.69. The Kier molecular flexibility index (Phi) is 9.32. The van der Waals surface area contributed by atoms with Crippen LogP contribution in [0, 0.1) is 6.92 Å². The number of para-hydroxylation sites is 1. The lowest BCUT2D eigenvalue weighted by atomic mass is 10.1. The molecule has 0 saturated heterocycles. The fraction of sp³-hybridized carbons (Fsp3) is 0.321. The van der Waals surface area contributed by atoms with Crippen molar-refractivity contribution in [2.45, 2.75) is 44.9 Å². The molecule has 0 unspecified atom stereocenters. The van der Waals surface area contributed by atoms with Gasteiger partial charge < -0.3 is 10.1 Å². The van der Waals surface area contributed by atoms with Gasteiger partial charge in [-0.2, -0.15) is 0 Å². The molecular weight excluding hydrogens is 460 g/mol. The van der Waals surface area contributed by atoms with E-state index in [0.717, 1.165) is 29.7 Å². The van der Waals surface area contributed by atoms with Crippen molar-refractivity contribution in [1.82, 2.24) is 5.32 Å². The second-order valence-electron chi connectivity index (χ2n) is 8.40. The number of benzene rings is 3. The van der Waals surface area contributed by atoms with Crippen molar-refractivity contribution >= 4 is 21.6 Å². The van der Waals surface area contributed by atoms with E-state index in [1.54, 1.807) is 36.4 Å². The molecule has 0 aliphatic rings. The molecule has 35 heavy (non-hydrogen) atoms. The summed E-state index contributed by atoms with van der Waals surface area (Å²) in [5, 5.41) is 2.78. The number of hydrogen-bond donors (Lipinski definition) is 1. The lowest BCUT2D eigenvalue weighted by molar-refractivity contribution is -0.119. The smallest absolute Gasteiger partial charge is 0.264 e. The van der Waals surface area contributed by atoms with Crippen LogP contribution in [0.2, 0.25) is 0 Å². The standard InChI is InChI=1S/C28H34N2O4S/c1-4-8-23-13-15-25(16-14-23)34-20-19-29-28(31)21-30(27-10-7-6-9-24(27)5-2)35(32,33)26-17-11-22(3)12-18-26/h6-7,9-18H,4-5,8,19-21H2,1-3H3,(H,29,31). The molecule has 3 aromatic rings. The first-order chi connectivity index (χ1) is 16.8. The number of hydrogen-bond acceptors (Lipinski definition) is 4. The summed E-state index contributed by atoms with van der Waals surface area (Å²) >= 11 is 0. The second-order valence-corrected chi connectivity index (χ2v) is 10.3. The van der Waals surface area contributed by atoms with Gasteiger partial charge in [0.2, 0.25) is 5.91 Å². The molecule has 0 aliphatic carbocycles. The highest BCUT2D eigenvalue weighted by atomic mass is 32.2. The first kappa shape index (κ1) is 26.3. The van der Waals surface area contributed by atoms with Crippen LogP contribution in [0.25, 0.3) is 0 Å². The van der Waals surface area contributed by atoms with E-state index in [1.165, 1.54) is 9.87 Å². The maximum Gasteiger partial charge on any atom is 0.264 e. The Labute approximate surface area is 209 Å². The number of nitrogens with zero attached hydrogens (tertiary/aromatic N) is 1. The van der Waals surface area contributed by atoms with Gasteiger partial charge >= 0.3 is 0 Å². The van der Waals surface area contributed by atoms with Crippen molar-refractivity contribution in [1.29, 1.82) is 0 Å². The van der Waals surface area contributed by atoms with Gasteiger partial charge in [-0.1, -0.05) is 68.3 Å². The highest BCUT2D eigenvalue weighted by Gasteiger charge is 2.28. The van der Waals surface area contributed by atoms with Gasteiger partial charge in [0.05, 0.1) is 17.1 Å². The number of rotatable bonds is 12. The second kappa shape index (κ2) is 12.4. The lowest BCUT2D eigenvalue weighted by Crippen LogP contribution is -2.42.